The van der Waals surface area contributed by atoms with Crippen molar-refractivity contribution in [1.82, 2.24) is 5.32 Å². The standard InChI is InChI=1S/C51H31N3OS/c1-2-12-33(13-3-1)49-52-50(35-21-20-32-19-18-30-10-4-6-14-37(30)41(32)27-35)54-51(53-49)43-28-36(29-45-47(43)40-16-8-9-17-44(40)55-45)34-23-25-46-42(26-34)39-24-22-31-11-5-7-15-38(31)48(39)56-46/h1-29,51H,(H,52,53,54). The Morgan fingerprint density at radius 2 is 1.14 bits per heavy atom. The molecule has 1 unspecified atom stereocenters. The number of hydrogen-bond acceptors (Lipinski definition) is 5. The molecule has 1 N–H and O–H groups in total. The number of amidine groups is 2. The molecule has 4 nitrogen and oxygen atoms in total. The van der Waals surface area contributed by atoms with Gasteiger partial charge < -0.3 is 9.73 Å². The van der Waals surface area contributed by atoms with Crippen molar-refractivity contribution in [3.8, 4) is 11.1 Å². The monoisotopic (exact) mass is 733 g/mol. The Labute approximate surface area is 325 Å². The van der Waals surface area contributed by atoms with E-state index < -0.39 is 6.17 Å². The summed E-state index contributed by atoms with van der Waals surface area (Å²) in [5, 5.41) is 15.9. The number of para-hydroxylation sites is 1. The average Bonchev–Trinajstić information content (AvgIpc) is 3.84. The van der Waals surface area contributed by atoms with E-state index in [0.29, 0.717) is 5.84 Å². The van der Waals surface area contributed by atoms with Crippen molar-refractivity contribution in [1.29, 1.82) is 0 Å². The third kappa shape index (κ3) is 4.91. The highest BCUT2D eigenvalue weighted by Crippen LogP contribution is 2.43. The smallest absolute Gasteiger partial charge is 0.159 e. The molecule has 56 heavy (non-hydrogen) atoms. The van der Waals surface area contributed by atoms with Crippen LogP contribution in [0.1, 0.15) is 22.9 Å². The van der Waals surface area contributed by atoms with Crippen LogP contribution in [0.3, 0.4) is 0 Å². The van der Waals surface area contributed by atoms with Gasteiger partial charge in [-0.25, -0.2) is 9.98 Å². The molecule has 0 aliphatic carbocycles. The van der Waals surface area contributed by atoms with Gasteiger partial charge in [-0.05, 0) is 79.8 Å². The molecule has 262 valence electrons. The van der Waals surface area contributed by atoms with Crippen LogP contribution in [-0.4, -0.2) is 11.7 Å². The lowest BCUT2D eigenvalue weighted by atomic mass is 9.95. The van der Waals surface area contributed by atoms with Gasteiger partial charge >= 0.3 is 0 Å². The highest BCUT2D eigenvalue weighted by Gasteiger charge is 2.26. The zero-order valence-electron chi connectivity index (χ0n) is 30.0. The number of nitrogens with zero attached hydrogens (tertiary/aromatic N) is 2. The first-order valence-electron chi connectivity index (χ1n) is 18.9. The minimum absolute atomic E-state index is 0.443. The summed E-state index contributed by atoms with van der Waals surface area (Å²) >= 11 is 1.86. The van der Waals surface area contributed by atoms with Gasteiger partial charge in [0.25, 0.3) is 0 Å². The van der Waals surface area contributed by atoms with Crippen LogP contribution >= 0.6 is 11.3 Å². The van der Waals surface area contributed by atoms with Crippen molar-refractivity contribution in [3.63, 3.8) is 0 Å². The van der Waals surface area contributed by atoms with Gasteiger partial charge in [-0.2, -0.15) is 0 Å². The molecule has 3 heterocycles. The second kappa shape index (κ2) is 12.2. The Bertz CT molecular complexity index is 3460. The van der Waals surface area contributed by atoms with E-state index in [4.69, 9.17) is 14.4 Å². The van der Waals surface area contributed by atoms with Gasteiger partial charge in [0, 0.05) is 47.6 Å². The fourth-order valence-electron chi connectivity index (χ4n) is 8.57. The van der Waals surface area contributed by atoms with Crippen LogP contribution in [0.4, 0.5) is 0 Å². The minimum Gasteiger partial charge on any atom is -0.456 e. The third-order valence-electron chi connectivity index (χ3n) is 11.3. The number of rotatable bonds is 4. The maximum Gasteiger partial charge on any atom is 0.159 e. The fraction of sp³-hybridized carbons (Fsp3) is 0.0196. The molecule has 9 aromatic carbocycles. The van der Waals surface area contributed by atoms with Crippen molar-refractivity contribution in [3.05, 3.63) is 193 Å². The quantitative estimate of drug-likeness (QED) is 0.183. The molecule has 0 fully saturated rings. The van der Waals surface area contributed by atoms with Crippen LogP contribution in [-0.2, 0) is 0 Å². The Kier molecular flexibility index (Phi) is 6.83. The fourth-order valence-corrected chi connectivity index (χ4v) is 9.79. The van der Waals surface area contributed by atoms with Crippen molar-refractivity contribution < 1.29 is 4.42 Å². The van der Waals surface area contributed by atoms with Crippen molar-refractivity contribution in [2.45, 2.75) is 6.17 Å². The summed E-state index contributed by atoms with van der Waals surface area (Å²) in [7, 11) is 0. The van der Waals surface area contributed by atoms with Gasteiger partial charge in [0.05, 0.1) is 0 Å². The molecule has 1 aliphatic heterocycles. The summed E-state index contributed by atoms with van der Waals surface area (Å²) in [4.78, 5) is 10.6. The second-order valence-corrected chi connectivity index (χ2v) is 15.6. The first-order chi connectivity index (χ1) is 27.7. The first kappa shape index (κ1) is 31.3. The van der Waals surface area contributed by atoms with Crippen molar-refractivity contribution in [2.24, 2.45) is 9.98 Å². The number of fused-ring (bicyclic) bond motifs is 11. The topological polar surface area (TPSA) is 49.9 Å². The number of furan rings is 1. The molecule has 0 saturated carbocycles. The van der Waals surface area contributed by atoms with Crippen LogP contribution in [0.25, 0.3) is 85.6 Å². The first-order valence-corrected chi connectivity index (χ1v) is 19.7. The van der Waals surface area contributed by atoms with Crippen LogP contribution in [0.15, 0.2) is 190 Å². The second-order valence-electron chi connectivity index (χ2n) is 14.6. The van der Waals surface area contributed by atoms with E-state index in [0.717, 1.165) is 55.6 Å². The number of nitrogens with one attached hydrogen (secondary N) is 1. The molecule has 11 aromatic rings. The zero-order chi connectivity index (χ0) is 36.7. The molecular formula is C51H31N3OS. The summed E-state index contributed by atoms with van der Waals surface area (Å²) in [6.45, 7) is 0. The van der Waals surface area contributed by atoms with E-state index in [9.17, 15) is 0 Å². The van der Waals surface area contributed by atoms with Crippen LogP contribution in [0.2, 0.25) is 0 Å². The summed E-state index contributed by atoms with van der Waals surface area (Å²) in [6.07, 6.45) is -0.443. The number of aliphatic imine (C=N–C) groups is 2. The lowest BCUT2D eigenvalue weighted by Gasteiger charge is -2.25. The van der Waals surface area contributed by atoms with Crippen LogP contribution < -0.4 is 5.32 Å². The van der Waals surface area contributed by atoms with Gasteiger partial charge in [0.2, 0.25) is 0 Å². The van der Waals surface area contributed by atoms with E-state index in [1.807, 2.05) is 41.7 Å². The molecule has 0 bridgehead atoms. The predicted octanol–water partition coefficient (Wildman–Crippen LogP) is 13.6. The molecule has 0 saturated heterocycles. The number of hydrogen-bond donors (Lipinski definition) is 1. The molecule has 1 aliphatic rings. The van der Waals surface area contributed by atoms with E-state index in [-0.39, 0.29) is 0 Å². The summed E-state index contributed by atoms with van der Waals surface area (Å²) in [5.74, 6) is 1.47. The molecule has 1 atom stereocenters. The van der Waals surface area contributed by atoms with Gasteiger partial charge in [-0.1, -0.05) is 140 Å². The highest BCUT2D eigenvalue weighted by molar-refractivity contribution is 7.26. The lowest BCUT2D eigenvalue weighted by Crippen LogP contribution is -2.33. The predicted molar refractivity (Wildman–Crippen MR) is 236 cm³/mol. The minimum atomic E-state index is -0.443. The zero-order valence-corrected chi connectivity index (χ0v) is 30.8. The normalized spacial score (nSPS) is 14.6. The molecular weight excluding hydrogens is 703 g/mol. The van der Waals surface area contributed by atoms with E-state index in [1.54, 1.807) is 0 Å². The Morgan fingerprint density at radius 3 is 2.02 bits per heavy atom. The van der Waals surface area contributed by atoms with Crippen molar-refractivity contribution in [2.75, 3.05) is 0 Å². The van der Waals surface area contributed by atoms with Crippen LogP contribution in [0.5, 0.6) is 0 Å². The lowest BCUT2D eigenvalue weighted by molar-refractivity contribution is 0.662. The molecule has 5 heteroatoms. The van der Waals surface area contributed by atoms with Gasteiger partial charge in [0.1, 0.15) is 23.2 Å². The molecule has 0 spiro atoms. The van der Waals surface area contributed by atoms with Crippen LogP contribution in [0, 0.1) is 0 Å². The van der Waals surface area contributed by atoms with E-state index in [1.165, 1.54) is 52.5 Å². The SMILES string of the molecule is c1ccc(C2=NC(c3cc(-c4ccc5sc6c7ccccc7ccc6c5c4)cc4oc5ccccc5c34)NC(c3ccc4ccc5ccccc5c4c3)=N2)cc1. The molecule has 0 radical (unpaired) electrons. The van der Waals surface area contributed by atoms with E-state index >= 15 is 0 Å². The third-order valence-corrected chi connectivity index (χ3v) is 12.5. The van der Waals surface area contributed by atoms with E-state index in [2.05, 4.69) is 151 Å². The maximum atomic E-state index is 6.64. The summed E-state index contributed by atoms with van der Waals surface area (Å²) < 4.78 is 9.25. The summed E-state index contributed by atoms with van der Waals surface area (Å²) in [5.41, 5.74) is 6.91. The maximum absolute atomic E-state index is 6.64. The molecule has 0 amide bonds. The Morgan fingerprint density at radius 1 is 0.464 bits per heavy atom. The van der Waals surface area contributed by atoms with Gasteiger partial charge in [0.15, 0.2) is 5.84 Å². The molecule has 12 rings (SSSR count). The molecule has 2 aromatic heterocycles. The van der Waals surface area contributed by atoms with Gasteiger partial charge in [-0.3, -0.25) is 0 Å². The highest BCUT2D eigenvalue weighted by atomic mass is 32.1. The Balaban J connectivity index is 1.06. The average molecular weight is 734 g/mol. The van der Waals surface area contributed by atoms with Gasteiger partial charge in [-0.15, -0.1) is 11.3 Å². The van der Waals surface area contributed by atoms with Crippen molar-refractivity contribution >= 4 is 97.4 Å². The largest absolute Gasteiger partial charge is 0.456 e. The number of thiophene rings is 1. The number of benzene rings is 9. The Hall–Kier alpha value is -7.08. The summed E-state index contributed by atoms with van der Waals surface area (Å²) in [6, 6.07) is 62.7.